The van der Waals surface area contributed by atoms with E-state index in [1.165, 1.54) is 51.4 Å². The molecule has 4 aliphatic rings. The van der Waals surface area contributed by atoms with E-state index in [1.807, 2.05) is 0 Å². The Balaban J connectivity index is 2.03. The third-order valence-electron chi connectivity index (χ3n) is 11.6. The van der Waals surface area contributed by atoms with Gasteiger partial charge in [-0.1, -0.05) is 0 Å². The molecule has 0 bridgehead atoms. The van der Waals surface area contributed by atoms with Crippen molar-refractivity contribution in [3.05, 3.63) is 0 Å². The summed E-state index contributed by atoms with van der Waals surface area (Å²) in [5, 5.41) is 16.5. The molecule has 240 valence electrons. The molecule has 0 spiro atoms. The number of piperidine rings is 4. The van der Waals surface area contributed by atoms with Gasteiger partial charge < -0.3 is 0 Å². The first-order valence-corrected chi connectivity index (χ1v) is 20.9. The molecule has 0 aliphatic carbocycles. The summed E-state index contributed by atoms with van der Waals surface area (Å²) in [5.74, 6) is 0. The van der Waals surface area contributed by atoms with Crippen molar-refractivity contribution in [2.24, 2.45) is 0 Å². The summed E-state index contributed by atoms with van der Waals surface area (Å²) in [6.45, 7) is 40.4. The molecule has 0 aromatic carbocycles. The monoisotopic (exact) mass is 609 g/mol. The third kappa shape index (κ3) is 7.69. The van der Waals surface area contributed by atoms with E-state index in [2.05, 4.69) is 132 Å². The summed E-state index contributed by atoms with van der Waals surface area (Å²) in [4.78, 5) is 0. The van der Waals surface area contributed by atoms with Gasteiger partial charge in [-0.2, -0.15) is 0 Å². The first-order valence-electron chi connectivity index (χ1n) is 17.2. The molecule has 4 rings (SSSR count). The van der Waals surface area contributed by atoms with E-state index in [0.717, 1.165) is 16.9 Å². The Bertz CT molecular complexity index is 751. The predicted molar refractivity (Wildman–Crippen MR) is 177 cm³/mol. The second kappa shape index (κ2) is 10.3. The van der Waals surface area contributed by atoms with Crippen LogP contribution < -0.4 is 21.3 Å². The van der Waals surface area contributed by atoms with E-state index in [1.54, 1.807) is 0 Å². The van der Waals surface area contributed by atoms with E-state index in [-0.39, 0.29) is 44.3 Å². The Hall–Kier alpha value is 0.554. The second-order valence-corrected chi connectivity index (χ2v) is 29.2. The minimum absolute atomic E-state index is 0.177. The predicted octanol–water partition coefficient (Wildman–Crippen LogP) is 9.06. The fourth-order valence-electron chi connectivity index (χ4n) is 12.7. The average molecular weight is 609 g/mol. The zero-order valence-corrected chi connectivity index (χ0v) is 32.0. The van der Waals surface area contributed by atoms with Crippen LogP contribution in [0.15, 0.2) is 0 Å². The van der Waals surface area contributed by atoms with Gasteiger partial charge in [0.1, 0.15) is 0 Å². The molecule has 41 heavy (non-hydrogen) atoms. The van der Waals surface area contributed by atoms with Crippen molar-refractivity contribution < 1.29 is 16.6 Å². The minimum atomic E-state index is -2.88. The maximum atomic E-state index is 4.13. The molecule has 4 fully saturated rings. The van der Waals surface area contributed by atoms with E-state index in [9.17, 15) is 0 Å². The fourth-order valence-corrected chi connectivity index (χ4v) is 29.7. The van der Waals surface area contributed by atoms with Crippen LogP contribution in [0, 0.1) is 0 Å². The molecule has 4 nitrogen and oxygen atoms in total. The number of nitrogens with one attached hydrogen (secondary N) is 4. The van der Waals surface area contributed by atoms with Crippen molar-refractivity contribution in [2.45, 2.75) is 223 Å². The molecule has 4 saturated heterocycles. The van der Waals surface area contributed by atoms with Gasteiger partial charge in [-0.15, -0.1) is 0 Å². The molecule has 4 heterocycles. The standard InChI is InChI=1S/4C9H18N.Ti/c4*1-8(2)6-5-7-9(3,4)10-8;/h4*5,10H,6-7H2,1-4H3;. The maximum absolute atomic E-state index is 4.13. The van der Waals surface area contributed by atoms with Crippen molar-refractivity contribution in [1.82, 2.24) is 21.3 Å². The van der Waals surface area contributed by atoms with Gasteiger partial charge in [0.25, 0.3) is 0 Å². The van der Waals surface area contributed by atoms with Crippen LogP contribution in [0.5, 0.6) is 0 Å². The van der Waals surface area contributed by atoms with Crippen molar-refractivity contribution in [1.29, 1.82) is 0 Å². The van der Waals surface area contributed by atoms with Crippen LogP contribution in [0.3, 0.4) is 0 Å². The molecule has 0 radical (unpaired) electrons. The van der Waals surface area contributed by atoms with Crippen molar-refractivity contribution in [2.75, 3.05) is 0 Å². The van der Waals surface area contributed by atoms with E-state index < -0.39 is 16.6 Å². The Morgan fingerprint density at radius 1 is 0.293 bits per heavy atom. The SMILES string of the molecule is CC1(C)C[CH]([Ti]([CH]2CC(C)(C)NC(C)(C)C2)([CH]2CC(C)(C)NC(C)(C)C2)[CH]2CC(C)(C)NC(C)(C)C2)CC(C)(C)N1. The van der Waals surface area contributed by atoms with Crippen LogP contribution in [-0.4, -0.2) is 44.3 Å². The molecule has 0 amide bonds. The Kier molecular flexibility index (Phi) is 8.63. The topological polar surface area (TPSA) is 48.1 Å². The van der Waals surface area contributed by atoms with Crippen molar-refractivity contribution >= 4 is 0 Å². The average Bonchev–Trinajstić information content (AvgIpc) is 2.58. The van der Waals surface area contributed by atoms with Gasteiger partial charge in [-0.25, -0.2) is 0 Å². The van der Waals surface area contributed by atoms with Gasteiger partial charge in [0.05, 0.1) is 0 Å². The van der Waals surface area contributed by atoms with Gasteiger partial charge in [0, 0.05) is 0 Å². The summed E-state index contributed by atoms with van der Waals surface area (Å²) in [6.07, 6.45) is 10.9. The van der Waals surface area contributed by atoms with Crippen LogP contribution in [0.4, 0.5) is 0 Å². The molecule has 0 aromatic rings. The molecule has 5 heteroatoms. The van der Waals surface area contributed by atoms with Gasteiger partial charge in [0.15, 0.2) is 0 Å². The van der Waals surface area contributed by atoms with Gasteiger partial charge >= 0.3 is 261 Å². The van der Waals surface area contributed by atoms with Gasteiger partial charge in [-0.05, 0) is 0 Å². The van der Waals surface area contributed by atoms with Gasteiger partial charge in [0.2, 0.25) is 0 Å². The van der Waals surface area contributed by atoms with E-state index in [0.29, 0.717) is 0 Å². The molecule has 0 aromatic heterocycles. The summed E-state index contributed by atoms with van der Waals surface area (Å²) in [6, 6.07) is 0. The van der Waals surface area contributed by atoms with E-state index >= 15 is 0 Å². The first-order chi connectivity index (χ1) is 18.1. The third-order valence-corrected chi connectivity index (χ3v) is 23.0. The number of hydrogen-bond donors (Lipinski definition) is 4. The molecular weight excluding hydrogens is 536 g/mol. The molecule has 4 aliphatic heterocycles. The van der Waals surface area contributed by atoms with Crippen LogP contribution in [0.1, 0.15) is 162 Å². The summed E-state index contributed by atoms with van der Waals surface area (Å²) < 4.78 is 3.50. The summed E-state index contributed by atoms with van der Waals surface area (Å²) in [7, 11) is 0. The zero-order valence-electron chi connectivity index (χ0n) is 30.5. The van der Waals surface area contributed by atoms with Crippen LogP contribution in [-0.2, 0) is 16.6 Å². The van der Waals surface area contributed by atoms with Crippen LogP contribution >= 0.6 is 0 Å². The Labute approximate surface area is 260 Å². The number of hydrogen-bond acceptors (Lipinski definition) is 4. The molecule has 0 unspecified atom stereocenters. The molecule has 0 atom stereocenters. The number of rotatable bonds is 4. The van der Waals surface area contributed by atoms with Gasteiger partial charge in [-0.3, -0.25) is 0 Å². The first kappa shape index (κ1) is 34.4. The zero-order chi connectivity index (χ0) is 31.3. The van der Waals surface area contributed by atoms with Crippen LogP contribution in [0.25, 0.3) is 0 Å². The summed E-state index contributed by atoms with van der Waals surface area (Å²) in [5.41, 5.74) is 1.42. The Morgan fingerprint density at radius 2 is 0.415 bits per heavy atom. The molecule has 0 saturated carbocycles. The fraction of sp³-hybridized carbons (Fsp3) is 1.00. The molecule has 4 N–H and O–H groups in total. The normalized spacial score (nSPS) is 33.4. The Morgan fingerprint density at radius 3 is 0.537 bits per heavy atom. The quantitative estimate of drug-likeness (QED) is 0.241. The van der Waals surface area contributed by atoms with E-state index in [4.69, 9.17) is 0 Å². The summed E-state index contributed by atoms with van der Waals surface area (Å²) >= 11 is -2.88. The second-order valence-electron chi connectivity index (χ2n) is 21.0. The molecular formula is C36H72N4Ti. The van der Waals surface area contributed by atoms with Crippen molar-refractivity contribution in [3.63, 3.8) is 0 Å². The van der Waals surface area contributed by atoms with Crippen molar-refractivity contribution in [3.8, 4) is 0 Å². The van der Waals surface area contributed by atoms with Crippen LogP contribution in [0.2, 0.25) is 16.9 Å².